The predicted octanol–water partition coefficient (Wildman–Crippen LogP) is 3.39. The van der Waals surface area contributed by atoms with Gasteiger partial charge in [0, 0.05) is 18.7 Å². The first kappa shape index (κ1) is 19.5. The third-order valence-corrected chi connectivity index (χ3v) is 5.80. The Balaban J connectivity index is 1.55. The number of ether oxygens (including phenoxy) is 1. The Kier molecular flexibility index (Phi) is 6.54. The molecule has 146 valence electrons. The van der Waals surface area contributed by atoms with E-state index >= 15 is 0 Å². The molecule has 1 aliphatic heterocycles. The summed E-state index contributed by atoms with van der Waals surface area (Å²) in [5, 5.41) is 2.82. The van der Waals surface area contributed by atoms with Gasteiger partial charge in [-0.1, -0.05) is 25.0 Å². The van der Waals surface area contributed by atoms with E-state index in [9.17, 15) is 9.59 Å². The number of amides is 2. The Hall–Kier alpha value is -2.30. The molecule has 2 amide bonds. The van der Waals surface area contributed by atoms with E-state index < -0.39 is 6.04 Å². The van der Waals surface area contributed by atoms with E-state index in [0.717, 1.165) is 30.7 Å². The minimum atomic E-state index is -0.501. The lowest BCUT2D eigenvalue weighted by atomic mass is 9.78. The maximum absolute atomic E-state index is 12.9. The van der Waals surface area contributed by atoms with Crippen LogP contribution in [0.3, 0.4) is 0 Å². The number of hydrogen-bond donors (Lipinski definition) is 1. The molecule has 1 saturated carbocycles. The van der Waals surface area contributed by atoms with E-state index in [0.29, 0.717) is 12.0 Å². The van der Waals surface area contributed by atoms with E-state index in [2.05, 4.69) is 5.32 Å². The minimum Gasteiger partial charge on any atom is -0.497 e. The van der Waals surface area contributed by atoms with Crippen molar-refractivity contribution < 1.29 is 14.3 Å². The van der Waals surface area contributed by atoms with Gasteiger partial charge in [-0.15, -0.1) is 0 Å². The van der Waals surface area contributed by atoms with Crippen molar-refractivity contribution in [3.05, 3.63) is 35.9 Å². The van der Waals surface area contributed by atoms with Crippen LogP contribution in [0.5, 0.6) is 5.75 Å². The van der Waals surface area contributed by atoms with Crippen molar-refractivity contribution in [2.45, 2.75) is 57.5 Å². The molecule has 5 nitrogen and oxygen atoms in total. The third kappa shape index (κ3) is 4.90. The summed E-state index contributed by atoms with van der Waals surface area (Å²) in [6, 6.07) is 7.33. The van der Waals surface area contributed by atoms with Crippen molar-refractivity contribution in [3.8, 4) is 5.75 Å². The second-order valence-corrected chi connectivity index (χ2v) is 7.62. The van der Waals surface area contributed by atoms with Crippen molar-refractivity contribution in [1.82, 2.24) is 10.2 Å². The number of fused-ring (bicyclic) bond motifs is 1. The highest BCUT2D eigenvalue weighted by Crippen LogP contribution is 2.35. The van der Waals surface area contributed by atoms with E-state index in [-0.39, 0.29) is 11.8 Å². The zero-order valence-corrected chi connectivity index (χ0v) is 16.3. The molecule has 2 fully saturated rings. The summed E-state index contributed by atoms with van der Waals surface area (Å²) in [5.41, 5.74) is 0.908. The van der Waals surface area contributed by atoms with Gasteiger partial charge in [-0.2, -0.15) is 0 Å². The Morgan fingerprint density at radius 1 is 1.15 bits per heavy atom. The van der Waals surface area contributed by atoms with Gasteiger partial charge in [0.2, 0.25) is 11.8 Å². The molecule has 3 unspecified atom stereocenters. The van der Waals surface area contributed by atoms with Gasteiger partial charge in [-0.3, -0.25) is 9.59 Å². The highest BCUT2D eigenvalue weighted by Gasteiger charge is 2.37. The smallest absolute Gasteiger partial charge is 0.245 e. The summed E-state index contributed by atoms with van der Waals surface area (Å²) in [4.78, 5) is 27.2. The SMILES string of the molecule is COc1ccc(/C=C/C(=O)NC(C)C(=O)N2CCCC3CCCCC32)cc1. The lowest BCUT2D eigenvalue weighted by Gasteiger charge is -2.45. The molecule has 3 atom stereocenters. The van der Waals surface area contributed by atoms with Crippen LogP contribution in [0.15, 0.2) is 30.3 Å². The predicted molar refractivity (Wildman–Crippen MR) is 106 cm³/mol. The van der Waals surface area contributed by atoms with E-state index in [4.69, 9.17) is 4.74 Å². The molecular formula is C22H30N2O3. The molecule has 1 aliphatic carbocycles. The number of methoxy groups -OCH3 is 1. The highest BCUT2D eigenvalue weighted by molar-refractivity contribution is 5.95. The maximum Gasteiger partial charge on any atom is 0.245 e. The Morgan fingerprint density at radius 2 is 1.85 bits per heavy atom. The molecule has 0 aromatic heterocycles. The molecule has 1 N–H and O–H groups in total. The quantitative estimate of drug-likeness (QED) is 0.808. The number of nitrogens with zero attached hydrogens (tertiary/aromatic N) is 1. The molecule has 1 aromatic carbocycles. The summed E-state index contributed by atoms with van der Waals surface area (Å²) in [6.45, 7) is 2.61. The van der Waals surface area contributed by atoms with Gasteiger partial charge in [-0.05, 0) is 62.3 Å². The van der Waals surface area contributed by atoms with Gasteiger partial charge in [0.05, 0.1) is 7.11 Å². The lowest BCUT2D eigenvalue weighted by molar-refractivity contribution is -0.141. The molecule has 3 rings (SSSR count). The molecule has 0 spiro atoms. The number of carbonyl (C=O) groups excluding carboxylic acids is 2. The van der Waals surface area contributed by atoms with E-state index in [1.165, 1.54) is 31.8 Å². The van der Waals surface area contributed by atoms with Crippen LogP contribution in [0.2, 0.25) is 0 Å². The van der Waals surface area contributed by atoms with Crippen LogP contribution in [0.4, 0.5) is 0 Å². The fourth-order valence-electron chi connectivity index (χ4n) is 4.36. The summed E-state index contributed by atoms with van der Waals surface area (Å²) in [6.07, 6.45) is 10.4. The Labute approximate surface area is 161 Å². The van der Waals surface area contributed by atoms with Gasteiger partial charge < -0.3 is 15.0 Å². The number of carbonyl (C=O) groups is 2. The highest BCUT2D eigenvalue weighted by atomic mass is 16.5. The van der Waals surface area contributed by atoms with Gasteiger partial charge >= 0.3 is 0 Å². The van der Waals surface area contributed by atoms with Crippen molar-refractivity contribution >= 4 is 17.9 Å². The molecule has 5 heteroatoms. The normalized spacial score (nSPS) is 23.6. The Morgan fingerprint density at radius 3 is 2.59 bits per heavy atom. The van der Waals surface area contributed by atoms with Gasteiger partial charge in [-0.25, -0.2) is 0 Å². The molecule has 0 bridgehead atoms. The first-order chi connectivity index (χ1) is 13.1. The van der Waals surface area contributed by atoms with E-state index in [1.807, 2.05) is 29.2 Å². The largest absolute Gasteiger partial charge is 0.497 e. The number of piperidine rings is 1. The van der Waals surface area contributed by atoms with Crippen LogP contribution in [-0.4, -0.2) is 42.5 Å². The summed E-state index contributed by atoms with van der Waals surface area (Å²) in [7, 11) is 1.62. The van der Waals surface area contributed by atoms with Gasteiger partial charge in [0.1, 0.15) is 11.8 Å². The average molecular weight is 370 g/mol. The van der Waals surface area contributed by atoms with Crippen LogP contribution in [0.1, 0.15) is 51.0 Å². The number of benzene rings is 1. The molecule has 1 aromatic rings. The fourth-order valence-corrected chi connectivity index (χ4v) is 4.36. The molecule has 27 heavy (non-hydrogen) atoms. The number of hydrogen-bond acceptors (Lipinski definition) is 3. The van der Waals surface area contributed by atoms with E-state index in [1.54, 1.807) is 20.1 Å². The zero-order valence-electron chi connectivity index (χ0n) is 16.3. The van der Waals surface area contributed by atoms with Crippen LogP contribution < -0.4 is 10.1 Å². The minimum absolute atomic E-state index is 0.0535. The van der Waals surface area contributed by atoms with Gasteiger partial charge in [0.25, 0.3) is 0 Å². The first-order valence-electron chi connectivity index (χ1n) is 10.0. The van der Waals surface area contributed by atoms with Crippen LogP contribution in [0, 0.1) is 5.92 Å². The van der Waals surface area contributed by atoms with Gasteiger partial charge in [0.15, 0.2) is 0 Å². The van der Waals surface area contributed by atoms with Crippen molar-refractivity contribution in [2.24, 2.45) is 5.92 Å². The molecule has 2 aliphatic rings. The maximum atomic E-state index is 12.9. The van der Waals surface area contributed by atoms with Crippen LogP contribution in [-0.2, 0) is 9.59 Å². The van der Waals surface area contributed by atoms with Crippen molar-refractivity contribution in [1.29, 1.82) is 0 Å². The third-order valence-electron chi connectivity index (χ3n) is 5.80. The second-order valence-electron chi connectivity index (χ2n) is 7.62. The fraction of sp³-hybridized carbons (Fsp3) is 0.545. The summed E-state index contributed by atoms with van der Waals surface area (Å²) in [5.74, 6) is 1.23. The summed E-state index contributed by atoms with van der Waals surface area (Å²) >= 11 is 0. The standard InChI is InChI=1S/C22H30N2O3/c1-16(22(26)24-15-5-7-18-6-3-4-8-20(18)24)23-21(25)14-11-17-9-12-19(27-2)13-10-17/h9-14,16,18,20H,3-8,15H2,1-2H3,(H,23,25)/b14-11+. The lowest BCUT2D eigenvalue weighted by Crippen LogP contribution is -2.55. The number of rotatable bonds is 5. The van der Waals surface area contributed by atoms with Crippen molar-refractivity contribution in [2.75, 3.05) is 13.7 Å². The molecule has 1 saturated heterocycles. The zero-order chi connectivity index (χ0) is 19.2. The van der Waals surface area contributed by atoms with Crippen LogP contribution in [0.25, 0.3) is 6.08 Å². The van der Waals surface area contributed by atoms with Crippen LogP contribution >= 0.6 is 0 Å². The monoisotopic (exact) mass is 370 g/mol. The number of likely N-dealkylation sites (tertiary alicyclic amines) is 1. The van der Waals surface area contributed by atoms with Crippen molar-refractivity contribution in [3.63, 3.8) is 0 Å². The summed E-state index contributed by atoms with van der Waals surface area (Å²) < 4.78 is 5.12. The first-order valence-corrected chi connectivity index (χ1v) is 10.0. The number of nitrogens with one attached hydrogen (secondary N) is 1. The second kappa shape index (κ2) is 9.07. The Bertz CT molecular complexity index is 681. The molecule has 1 heterocycles. The average Bonchev–Trinajstić information content (AvgIpc) is 2.71. The molecular weight excluding hydrogens is 340 g/mol. The molecule has 0 radical (unpaired) electrons. The topological polar surface area (TPSA) is 58.6 Å².